The fraction of sp³-hybridized carbons (Fsp3) is 0.600. The van der Waals surface area contributed by atoms with Crippen molar-refractivity contribution < 1.29 is 13.2 Å². The van der Waals surface area contributed by atoms with Crippen LogP contribution < -0.4 is 5.32 Å². The van der Waals surface area contributed by atoms with Crippen LogP contribution in [-0.2, 0) is 27.8 Å². The van der Waals surface area contributed by atoms with Gasteiger partial charge < -0.3 is 10.1 Å². The van der Waals surface area contributed by atoms with E-state index in [0.29, 0.717) is 18.0 Å². The normalized spacial score (nSPS) is 26.8. The van der Waals surface area contributed by atoms with Gasteiger partial charge in [0.2, 0.25) is 10.0 Å². The van der Waals surface area contributed by atoms with Crippen molar-refractivity contribution in [3.8, 4) is 0 Å². The maximum Gasteiger partial charge on any atom is 0.243 e. The number of morpholine rings is 1. The second kappa shape index (κ2) is 5.68. The lowest BCUT2D eigenvalue weighted by molar-refractivity contribution is -0.0230. The van der Waals surface area contributed by atoms with E-state index in [1.54, 1.807) is 10.4 Å². The van der Waals surface area contributed by atoms with Gasteiger partial charge in [-0.25, -0.2) is 8.42 Å². The molecule has 2 aliphatic rings. The number of benzene rings is 1. The molecule has 0 spiro atoms. The summed E-state index contributed by atoms with van der Waals surface area (Å²) in [5.74, 6) is 0. The smallest absolute Gasteiger partial charge is 0.243 e. The van der Waals surface area contributed by atoms with Crippen molar-refractivity contribution in [2.75, 3.05) is 13.2 Å². The predicted octanol–water partition coefficient (Wildman–Crippen LogP) is 1.48. The van der Waals surface area contributed by atoms with Gasteiger partial charge in [0.05, 0.1) is 17.6 Å². The molecule has 1 N–H and O–H groups in total. The van der Waals surface area contributed by atoms with Crippen LogP contribution in [-0.4, -0.2) is 38.0 Å². The monoisotopic (exact) mass is 310 g/mol. The van der Waals surface area contributed by atoms with E-state index >= 15 is 0 Å². The van der Waals surface area contributed by atoms with E-state index in [2.05, 4.69) is 5.32 Å². The zero-order valence-electron chi connectivity index (χ0n) is 12.5. The summed E-state index contributed by atoms with van der Waals surface area (Å²) in [5.41, 5.74) is 2.28. The molecule has 6 heteroatoms. The topological polar surface area (TPSA) is 58.6 Å². The maximum atomic E-state index is 13.0. The summed E-state index contributed by atoms with van der Waals surface area (Å²) in [4.78, 5) is 0.400. The van der Waals surface area contributed by atoms with Crippen LogP contribution in [0.5, 0.6) is 0 Å². The Morgan fingerprint density at radius 1 is 1.33 bits per heavy atom. The molecular weight excluding hydrogens is 288 g/mol. The summed E-state index contributed by atoms with van der Waals surface area (Å²) in [6, 6.07) is 5.40. The lowest BCUT2D eigenvalue weighted by Crippen LogP contribution is -2.51. The Bertz CT molecular complexity index is 630. The van der Waals surface area contributed by atoms with E-state index < -0.39 is 10.0 Å². The van der Waals surface area contributed by atoms with Gasteiger partial charge in [0.15, 0.2) is 0 Å². The number of rotatable bonds is 3. The zero-order valence-corrected chi connectivity index (χ0v) is 13.3. The molecule has 0 saturated carbocycles. The van der Waals surface area contributed by atoms with Gasteiger partial charge in [-0.3, -0.25) is 0 Å². The van der Waals surface area contributed by atoms with Gasteiger partial charge in [0.1, 0.15) is 0 Å². The third-order valence-corrected chi connectivity index (χ3v) is 6.22. The molecule has 2 unspecified atom stereocenters. The van der Waals surface area contributed by atoms with Crippen LogP contribution in [0, 0.1) is 0 Å². The van der Waals surface area contributed by atoms with Crippen LogP contribution in [0.1, 0.15) is 31.4 Å². The van der Waals surface area contributed by atoms with Crippen LogP contribution in [0.15, 0.2) is 23.1 Å². The van der Waals surface area contributed by atoms with Gasteiger partial charge in [0, 0.05) is 25.7 Å². The molecule has 0 aromatic heterocycles. The molecule has 0 radical (unpaired) electrons. The third-order valence-electron chi connectivity index (χ3n) is 4.30. The Kier molecular flexibility index (Phi) is 4.05. The van der Waals surface area contributed by atoms with Crippen LogP contribution in [0.2, 0.25) is 0 Å². The Balaban J connectivity index is 1.95. The van der Waals surface area contributed by atoms with Crippen molar-refractivity contribution in [3.63, 3.8) is 0 Å². The molecule has 0 amide bonds. The fourth-order valence-electron chi connectivity index (χ4n) is 3.00. The van der Waals surface area contributed by atoms with Crippen molar-refractivity contribution in [1.82, 2.24) is 9.62 Å². The third kappa shape index (κ3) is 2.73. The Labute approximate surface area is 126 Å². The minimum absolute atomic E-state index is 0.0568. The molecule has 1 fully saturated rings. The van der Waals surface area contributed by atoms with E-state index in [1.165, 1.54) is 5.56 Å². The zero-order chi connectivity index (χ0) is 15.0. The standard InChI is InChI=1S/C15H22N2O3S/c1-3-14-10-20-11(2)9-17(14)21(18,19)15-5-4-12-7-16-8-13(12)6-15/h4-6,11,14,16H,3,7-10H2,1-2H3. The molecule has 1 saturated heterocycles. The summed E-state index contributed by atoms with van der Waals surface area (Å²) in [7, 11) is -3.45. The molecule has 2 aliphatic heterocycles. The minimum atomic E-state index is -3.45. The minimum Gasteiger partial charge on any atom is -0.375 e. The number of sulfonamides is 1. The number of nitrogens with zero attached hydrogens (tertiary/aromatic N) is 1. The molecule has 116 valence electrons. The first kappa shape index (κ1) is 15.0. The fourth-order valence-corrected chi connectivity index (χ4v) is 4.81. The lowest BCUT2D eigenvalue weighted by Gasteiger charge is -2.37. The predicted molar refractivity (Wildman–Crippen MR) is 80.4 cm³/mol. The highest BCUT2D eigenvalue weighted by atomic mass is 32.2. The lowest BCUT2D eigenvalue weighted by atomic mass is 10.1. The maximum absolute atomic E-state index is 13.0. The average molecular weight is 310 g/mol. The van der Waals surface area contributed by atoms with E-state index in [-0.39, 0.29) is 12.1 Å². The SMILES string of the molecule is CCC1COC(C)CN1S(=O)(=O)c1ccc2c(c1)CNC2. The summed E-state index contributed by atoms with van der Waals surface area (Å²) < 4.78 is 33.1. The highest BCUT2D eigenvalue weighted by Gasteiger charge is 2.35. The molecule has 3 rings (SSSR count). The van der Waals surface area contributed by atoms with Crippen molar-refractivity contribution >= 4 is 10.0 Å². The number of nitrogens with one attached hydrogen (secondary N) is 1. The molecule has 1 aromatic carbocycles. The first-order valence-corrected chi connectivity index (χ1v) is 8.92. The van der Waals surface area contributed by atoms with Gasteiger partial charge in [-0.1, -0.05) is 13.0 Å². The first-order chi connectivity index (χ1) is 10.0. The number of hydrogen-bond acceptors (Lipinski definition) is 4. The number of hydrogen-bond donors (Lipinski definition) is 1. The first-order valence-electron chi connectivity index (χ1n) is 7.48. The molecule has 1 aromatic rings. The van der Waals surface area contributed by atoms with Crippen molar-refractivity contribution in [2.45, 2.75) is 50.4 Å². The molecule has 5 nitrogen and oxygen atoms in total. The molecule has 0 bridgehead atoms. The van der Waals surface area contributed by atoms with Gasteiger partial charge in [-0.2, -0.15) is 4.31 Å². The molecule has 2 heterocycles. The Morgan fingerprint density at radius 2 is 2.10 bits per heavy atom. The Hall–Kier alpha value is -0.950. The Morgan fingerprint density at radius 3 is 2.86 bits per heavy atom. The van der Waals surface area contributed by atoms with Crippen LogP contribution in [0.4, 0.5) is 0 Å². The van der Waals surface area contributed by atoms with E-state index in [9.17, 15) is 8.42 Å². The van der Waals surface area contributed by atoms with Crippen LogP contribution in [0.3, 0.4) is 0 Å². The van der Waals surface area contributed by atoms with E-state index in [4.69, 9.17) is 4.74 Å². The van der Waals surface area contributed by atoms with Crippen molar-refractivity contribution in [2.24, 2.45) is 0 Å². The molecule has 21 heavy (non-hydrogen) atoms. The highest BCUT2D eigenvalue weighted by molar-refractivity contribution is 7.89. The molecule has 2 atom stereocenters. The number of fused-ring (bicyclic) bond motifs is 1. The summed E-state index contributed by atoms with van der Waals surface area (Å²) in [6.45, 7) is 6.39. The summed E-state index contributed by atoms with van der Waals surface area (Å²) >= 11 is 0. The van der Waals surface area contributed by atoms with Gasteiger partial charge in [-0.15, -0.1) is 0 Å². The van der Waals surface area contributed by atoms with Gasteiger partial charge in [-0.05, 0) is 36.6 Å². The largest absolute Gasteiger partial charge is 0.375 e. The second-order valence-corrected chi connectivity index (χ2v) is 7.71. The molecule has 0 aliphatic carbocycles. The summed E-state index contributed by atoms with van der Waals surface area (Å²) in [5, 5.41) is 3.24. The quantitative estimate of drug-likeness (QED) is 0.919. The van der Waals surface area contributed by atoms with Gasteiger partial charge in [0.25, 0.3) is 0 Å². The highest BCUT2D eigenvalue weighted by Crippen LogP contribution is 2.26. The second-order valence-electron chi connectivity index (χ2n) is 5.81. The molecular formula is C15H22N2O3S. The van der Waals surface area contributed by atoms with E-state index in [0.717, 1.165) is 25.1 Å². The van der Waals surface area contributed by atoms with E-state index in [1.807, 2.05) is 26.0 Å². The van der Waals surface area contributed by atoms with Crippen LogP contribution in [0.25, 0.3) is 0 Å². The van der Waals surface area contributed by atoms with Gasteiger partial charge >= 0.3 is 0 Å². The summed E-state index contributed by atoms with van der Waals surface area (Å²) in [6.07, 6.45) is 0.706. The average Bonchev–Trinajstić information content (AvgIpc) is 2.94. The van der Waals surface area contributed by atoms with Crippen molar-refractivity contribution in [1.29, 1.82) is 0 Å². The number of ether oxygens (including phenoxy) is 1. The van der Waals surface area contributed by atoms with Crippen LogP contribution >= 0.6 is 0 Å². The van der Waals surface area contributed by atoms with Crippen molar-refractivity contribution in [3.05, 3.63) is 29.3 Å².